The van der Waals surface area contributed by atoms with Gasteiger partial charge in [0.2, 0.25) is 0 Å². The zero-order chi connectivity index (χ0) is 37.8. The van der Waals surface area contributed by atoms with E-state index in [1.54, 1.807) is 0 Å². The highest BCUT2D eigenvalue weighted by Crippen LogP contribution is 2.18. The van der Waals surface area contributed by atoms with Gasteiger partial charge in [-0.2, -0.15) is 0 Å². The minimum atomic E-state index is -0.705. The smallest absolute Gasteiger partial charge is 0.306 e. The molecule has 0 bridgehead atoms. The van der Waals surface area contributed by atoms with E-state index in [2.05, 4.69) is 74.6 Å². The molecule has 52 heavy (non-hydrogen) atoms. The van der Waals surface area contributed by atoms with E-state index in [-0.39, 0.29) is 18.5 Å². The highest BCUT2D eigenvalue weighted by Gasteiger charge is 2.14. The lowest BCUT2D eigenvalue weighted by Gasteiger charge is -2.18. The molecule has 0 rings (SSSR count). The lowest BCUT2D eigenvalue weighted by atomic mass is 10.0. The average Bonchev–Trinajstić information content (AvgIpc) is 3.13. The molecule has 0 amide bonds. The number of carboxylic acid groups (broad SMARTS) is 1. The number of hydrogen-bond acceptors (Lipinski definition) is 3. The molecule has 0 saturated heterocycles. The second-order valence-electron chi connectivity index (χ2n) is 14.8. The molecule has 0 heterocycles. The van der Waals surface area contributed by atoms with Crippen LogP contribution in [-0.4, -0.2) is 23.1 Å². The number of hydrogen-bond donors (Lipinski definition) is 1. The van der Waals surface area contributed by atoms with E-state index in [1.807, 2.05) is 0 Å². The summed E-state index contributed by atoms with van der Waals surface area (Å²) >= 11 is 0. The number of allylic oxidation sites excluding steroid dienone is 10. The van der Waals surface area contributed by atoms with E-state index in [4.69, 9.17) is 9.84 Å². The number of ether oxygens (including phenoxy) is 1. The summed E-state index contributed by atoms with van der Waals surface area (Å²) in [7, 11) is 0. The number of carbonyl (C=O) groups excluding carboxylic acids is 1. The maximum Gasteiger partial charge on any atom is 0.306 e. The van der Waals surface area contributed by atoms with Crippen molar-refractivity contribution in [2.75, 3.05) is 0 Å². The Bertz CT molecular complexity index is 911. The molecule has 0 aromatic heterocycles. The van der Waals surface area contributed by atoms with Crippen molar-refractivity contribution >= 4 is 11.9 Å². The normalized spacial score (nSPS) is 12.8. The van der Waals surface area contributed by atoms with Crippen molar-refractivity contribution < 1.29 is 19.4 Å². The first kappa shape index (κ1) is 49.6. The van der Waals surface area contributed by atoms with Crippen LogP contribution in [0, 0.1) is 0 Å². The summed E-state index contributed by atoms with van der Waals surface area (Å²) in [5.74, 6) is -0.724. The number of rotatable bonds is 40. The summed E-state index contributed by atoms with van der Waals surface area (Å²) in [5.41, 5.74) is 0. The van der Waals surface area contributed by atoms with Gasteiger partial charge in [-0.15, -0.1) is 0 Å². The minimum Gasteiger partial charge on any atom is -0.481 e. The highest BCUT2D eigenvalue weighted by atomic mass is 16.5. The van der Waals surface area contributed by atoms with Gasteiger partial charge in [0, 0.05) is 12.8 Å². The zero-order valence-corrected chi connectivity index (χ0v) is 34.4. The third kappa shape index (κ3) is 42.1. The fourth-order valence-electron chi connectivity index (χ4n) is 6.46. The van der Waals surface area contributed by atoms with Crippen LogP contribution in [0.4, 0.5) is 0 Å². The Balaban J connectivity index is 4.07. The van der Waals surface area contributed by atoms with Crippen molar-refractivity contribution in [3.05, 3.63) is 60.8 Å². The zero-order valence-electron chi connectivity index (χ0n) is 34.4. The quantitative estimate of drug-likeness (QED) is 0.0388. The van der Waals surface area contributed by atoms with E-state index in [0.29, 0.717) is 6.42 Å². The second kappa shape index (κ2) is 43.0. The number of aliphatic carboxylic acids is 1. The SMILES string of the molecule is CC/C=C\C/C=C\C/C=C\C/C=C\CCCCCCCCC(=O)OC(CCCCC/C=C\CCCCCCCCCC)CCCCCCCC(=O)O. The third-order valence-corrected chi connectivity index (χ3v) is 9.72. The van der Waals surface area contributed by atoms with Gasteiger partial charge in [-0.3, -0.25) is 9.59 Å². The lowest BCUT2D eigenvalue weighted by molar-refractivity contribution is -0.150. The van der Waals surface area contributed by atoms with E-state index >= 15 is 0 Å². The van der Waals surface area contributed by atoms with Gasteiger partial charge in [0.1, 0.15) is 6.10 Å². The van der Waals surface area contributed by atoms with Crippen molar-refractivity contribution in [1.82, 2.24) is 0 Å². The molecule has 0 saturated carbocycles. The molecule has 4 nitrogen and oxygen atoms in total. The molecule has 0 aromatic carbocycles. The molecule has 1 atom stereocenters. The maximum absolute atomic E-state index is 12.7. The summed E-state index contributed by atoms with van der Waals surface area (Å²) in [6.45, 7) is 4.44. The van der Waals surface area contributed by atoms with E-state index in [0.717, 1.165) is 103 Å². The largest absolute Gasteiger partial charge is 0.481 e. The van der Waals surface area contributed by atoms with Crippen LogP contribution in [0.5, 0.6) is 0 Å². The molecule has 4 heteroatoms. The van der Waals surface area contributed by atoms with Gasteiger partial charge in [-0.25, -0.2) is 0 Å². The fraction of sp³-hybridized carbons (Fsp3) is 0.750. The highest BCUT2D eigenvalue weighted by molar-refractivity contribution is 5.69. The summed E-state index contributed by atoms with van der Waals surface area (Å²) in [4.78, 5) is 23.5. The van der Waals surface area contributed by atoms with Gasteiger partial charge in [0.05, 0.1) is 0 Å². The molecule has 0 aliphatic rings. The predicted octanol–water partition coefficient (Wildman–Crippen LogP) is 15.7. The topological polar surface area (TPSA) is 63.6 Å². The fourth-order valence-corrected chi connectivity index (χ4v) is 6.46. The Morgan fingerprint density at radius 2 is 0.808 bits per heavy atom. The summed E-state index contributed by atoms with van der Waals surface area (Å²) in [5, 5.41) is 8.85. The Kier molecular flexibility index (Phi) is 41.1. The Morgan fingerprint density at radius 1 is 0.442 bits per heavy atom. The first-order chi connectivity index (χ1) is 25.6. The predicted molar refractivity (Wildman–Crippen MR) is 227 cm³/mol. The minimum absolute atomic E-state index is 0.0188. The van der Waals surface area contributed by atoms with Crippen LogP contribution in [0.3, 0.4) is 0 Å². The molecule has 0 radical (unpaired) electrons. The first-order valence-electron chi connectivity index (χ1n) is 22.3. The van der Waals surface area contributed by atoms with Crippen LogP contribution >= 0.6 is 0 Å². The molecule has 0 aromatic rings. The summed E-state index contributed by atoms with van der Waals surface area (Å²) in [6.07, 6.45) is 59.6. The van der Waals surface area contributed by atoms with Gasteiger partial charge in [0.15, 0.2) is 0 Å². The van der Waals surface area contributed by atoms with Gasteiger partial charge in [0.25, 0.3) is 0 Å². The van der Waals surface area contributed by atoms with Crippen molar-refractivity contribution in [1.29, 1.82) is 0 Å². The van der Waals surface area contributed by atoms with Crippen molar-refractivity contribution in [3.8, 4) is 0 Å². The third-order valence-electron chi connectivity index (χ3n) is 9.72. The Morgan fingerprint density at radius 3 is 1.29 bits per heavy atom. The van der Waals surface area contributed by atoms with E-state index in [9.17, 15) is 9.59 Å². The monoisotopic (exact) mass is 725 g/mol. The second-order valence-corrected chi connectivity index (χ2v) is 14.8. The molecular formula is C48H84O4. The van der Waals surface area contributed by atoms with Crippen molar-refractivity contribution in [2.24, 2.45) is 0 Å². The van der Waals surface area contributed by atoms with Crippen LogP contribution in [0.25, 0.3) is 0 Å². The molecule has 0 aliphatic heterocycles. The molecule has 1 unspecified atom stereocenters. The molecule has 0 fully saturated rings. The first-order valence-corrected chi connectivity index (χ1v) is 22.3. The van der Waals surface area contributed by atoms with Crippen molar-refractivity contribution in [3.63, 3.8) is 0 Å². The maximum atomic E-state index is 12.7. The van der Waals surface area contributed by atoms with Gasteiger partial charge < -0.3 is 9.84 Å². The number of unbranched alkanes of at least 4 members (excludes halogenated alkanes) is 21. The van der Waals surface area contributed by atoms with Crippen LogP contribution in [0.2, 0.25) is 0 Å². The van der Waals surface area contributed by atoms with Crippen LogP contribution in [0.1, 0.15) is 226 Å². The van der Waals surface area contributed by atoms with E-state index < -0.39 is 5.97 Å². The lowest BCUT2D eigenvalue weighted by Crippen LogP contribution is -2.18. The van der Waals surface area contributed by atoms with Crippen LogP contribution in [-0.2, 0) is 14.3 Å². The number of carboxylic acids is 1. The van der Waals surface area contributed by atoms with Gasteiger partial charge in [-0.05, 0) is 103 Å². The standard InChI is InChI=1S/C48H84O4/c1-3-5-7-9-11-13-15-17-19-20-21-22-24-26-28-30-32-37-41-45-48(51)52-46(43-39-35-33-36-40-44-47(49)50)42-38-34-31-29-27-25-23-18-16-14-12-10-8-6-4-2/h5,7,11,13,17,19,21-22,25,27,46H,3-4,6,8-10,12,14-16,18,20,23-24,26,28-45H2,1-2H3,(H,49,50)/b7-5-,13-11-,19-17-,22-21-,27-25-. The molecular weight excluding hydrogens is 641 g/mol. The van der Waals surface area contributed by atoms with Crippen molar-refractivity contribution in [2.45, 2.75) is 232 Å². The Labute approximate surface area is 323 Å². The number of esters is 1. The van der Waals surface area contributed by atoms with Gasteiger partial charge >= 0.3 is 11.9 Å². The molecule has 1 N–H and O–H groups in total. The molecule has 300 valence electrons. The van der Waals surface area contributed by atoms with Gasteiger partial charge in [-0.1, -0.05) is 171 Å². The van der Waals surface area contributed by atoms with E-state index in [1.165, 1.54) is 96.3 Å². The van der Waals surface area contributed by atoms with Crippen LogP contribution in [0.15, 0.2) is 60.8 Å². The van der Waals surface area contributed by atoms with Crippen LogP contribution < -0.4 is 0 Å². The molecule has 0 spiro atoms. The Hall–Kier alpha value is -2.36. The number of carbonyl (C=O) groups is 2. The average molecular weight is 725 g/mol. The summed E-state index contributed by atoms with van der Waals surface area (Å²) in [6, 6.07) is 0. The summed E-state index contributed by atoms with van der Waals surface area (Å²) < 4.78 is 6.02. The molecule has 0 aliphatic carbocycles.